The highest BCUT2D eigenvalue weighted by atomic mass is 16.4. The van der Waals surface area contributed by atoms with Crippen molar-refractivity contribution in [2.75, 3.05) is 18.0 Å². The second kappa shape index (κ2) is 6.38. The molecule has 0 spiro atoms. The first-order chi connectivity index (χ1) is 8.49. The Bertz CT molecular complexity index is 418. The molecule has 1 atom stereocenters. The number of aryl methyl sites for hydroxylation is 1. The van der Waals surface area contributed by atoms with Crippen molar-refractivity contribution >= 4 is 11.7 Å². The number of anilines is 1. The van der Waals surface area contributed by atoms with Crippen molar-refractivity contribution in [2.24, 2.45) is 5.92 Å². The van der Waals surface area contributed by atoms with E-state index in [0.717, 1.165) is 30.9 Å². The van der Waals surface area contributed by atoms with E-state index >= 15 is 0 Å². The van der Waals surface area contributed by atoms with Gasteiger partial charge >= 0.3 is 5.97 Å². The topological polar surface area (TPSA) is 53.4 Å². The minimum atomic E-state index is -0.917. The van der Waals surface area contributed by atoms with Gasteiger partial charge < -0.3 is 10.0 Å². The summed E-state index contributed by atoms with van der Waals surface area (Å²) in [5.41, 5.74) is 1.90. The number of aromatic carboxylic acids is 1. The van der Waals surface area contributed by atoms with Crippen molar-refractivity contribution < 1.29 is 9.90 Å². The van der Waals surface area contributed by atoms with E-state index in [0.29, 0.717) is 5.92 Å². The Hall–Kier alpha value is -1.58. The molecule has 1 aromatic heterocycles. The van der Waals surface area contributed by atoms with Crippen LogP contribution in [0.25, 0.3) is 0 Å². The van der Waals surface area contributed by atoms with Crippen molar-refractivity contribution in [1.82, 2.24) is 4.98 Å². The largest absolute Gasteiger partial charge is 0.478 e. The molecule has 100 valence electrons. The van der Waals surface area contributed by atoms with Gasteiger partial charge in [-0.15, -0.1) is 0 Å². The van der Waals surface area contributed by atoms with Gasteiger partial charge in [-0.25, -0.2) is 4.79 Å². The molecule has 0 amide bonds. The van der Waals surface area contributed by atoms with Crippen LogP contribution >= 0.6 is 0 Å². The molecule has 4 nitrogen and oxygen atoms in total. The number of rotatable bonds is 6. The van der Waals surface area contributed by atoms with E-state index in [1.807, 2.05) is 19.9 Å². The van der Waals surface area contributed by atoms with Gasteiger partial charge in [0, 0.05) is 25.0 Å². The molecule has 0 bridgehead atoms. The molecule has 0 aliphatic heterocycles. The van der Waals surface area contributed by atoms with Crippen LogP contribution in [0.15, 0.2) is 12.3 Å². The fourth-order valence-corrected chi connectivity index (χ4v) is 1.87. The monoisotopic (exact) mass is 250 g/mol. The number of hydrogen-bond acceptors (Lipinski definition) is 3. The third-order valence-electron chi connectivity index (χ3n) is 3.20. The molecule has 0 aromatic carbocycles. The molecule has 1 heterocycles. The molecule has 0 aliphatic carbocycles. The fourth-order valence-electron chi connectivity index (χ4n) is 1.87. The number of carboxylic acid groups (broad SMARTS) is 1. The van der Waals surface area contributed by atoms with Gasteiger partial charge in [-0.1, -0.05) is 20.3 Å². The highest BCUT2D eigenvalue weighted by Gasteiger charge is 2.17. The fraction of sp³-hybridized carbons (Fsp3) is 0.571. The second-order valence-corrected chi connectivity index (χ2v) is 4.70. The Labute approximate surface area is 109 Å². The molecule has 1 unspecified atom stereocenters. The van der Waals surface area contributed by atoms with Gasteiger partial charge in [-0.3, -0.25) is 4.98 Å². The summed E-state index contributed by atoms with van der Waals surface area (Å²) >= 11 is 0. The molecule has 0 radical (unpaired) electrons. The van der Waals surface area contributed by atoms with Crippen molar-refractivity contribution in [3.05, 3.63) is 23.5 Å². The summed E-state index contributed by atoms with van der Waals surface area (Å²) in [7, 11) is 0. The first-order valence-electron chi connectivity index (χ1n) is 6.44. The van der Waals surface area contributed by atoms with Crippen molar-refractivity contribution in [3.63, 3.8) is 0 Å². The summed E-state index contributed by atoms with van der Waals surface area (Å²) in [6.45, 7) is 9.92. The number of carbonyl (C=O) groups is 1. The van der Waals surface area contributed by atoms with Crippen LogP contribution < -0.4 is 4.90 Å². The van der Waals surface area contributed by atoms with Gasteiger partial charge in [0.15, 0.2) is 0 Å². The third kappa shape index (κ3) is 3.45. The highest BCUT2D eigenvalue weighted by Crippen LogP contribution is 2.22. The maximum Gasteiger partial charge on any atom is 0.339 e. The number of carboxylic acids is 1. The average Bonchev–Trinajstić information content (AvgIpc) is 2.35. The van der Waals surface area contributed by atoms with Crippen LogP contribution in [0.1, 0.15) is 43.2 Å². The zero-order chi connectivity index (χ0) is 13.7. The first-order valence-corrected chi connectivity index (χ1v) is 6.44. The molecule has 1 aromatic rings. The maximum atomic E-state index is 11.2. The Morgan fingerprint density at radius 2 is 2.17 bits per heavy atom. The standard InChI is InChI=1S/C14H22N2O2/c1-5-10(3)9-16(6-2)13-7-11(4)15-8-12(13)14(17)18/h7-8,10H,5-6,9H2,1-4H3,(H,17,18). The summed E-state index contributed by atoms with van der Waals surface area (Å²) in [5.74, 6) is -0.375. The Morgan fingerprint density at radius 1 is 1.50 bits per heavy atom. The number of pyridine rings is 1. The van der Waals surface area contributed by atoms with Crippen LogP contribution in [0, 0.1) is 12.8 Å². The van der Waals surface area contributed by atoms with Crippen LogP contribution in [0.5, 0.6) is 0 Å². The van der Waals surface area contributed by atoms with Crippen LogP contribution in [0.3, 0.4) is 0 Å². The zero-order valence-electron chi connectivity index (χ0n) is 11.6. The lowest BCUT2D eigenvalue weighted by Crippen LogP contribution is -2.29. The number of hydrogen-bond donors (Lipinski definition) is 1. The van der Waals surface area contributed by atoms with Gasteiger partial charge in [0.1, 0.15) is 5.56 Å². The quantitative estimate of drug-likeness (QED) is 0.843. The van der Waals surface area contributed by atoms with E-state index in [4.69, 9.17) is 0 Å². The predicted molar refractivity (Wildman–Crippen MR) is 73.3 cm³/mol. The van der Waals surface area contributed by atoms with E-state index in [2.05, 4.69) is 23.7 Å². The summed E-state index contributed by atoms with van der Waals surface area (Å²) < 4.78 is 0. The van der Waals surface area contributed by atoms with Gasteiger partial charge in [-0.2, -0.15) is 0 Å². The summed E-state index contributed by atoms with van der Waals surface area (Å²) in [5, 5.41) is 9.23. The van der Waals surface area contributed by atoms with Gasteiger partial charge in [-0.05, 0) is 25.8 Å². The Balaban J connectivity index is 3.10. The molecular formula is C14H22N2O2. The van der Waals surface area contributed by atoms with Gasteiger partial charge in [0.2, 0.25) is 0 Å². The van der Waals surface area contributed by atoms with Gasteiger partial charge in [0.25, 0.3) is 0 Å². The van der Waals surface area contributed by atoms with E-state index in [9.17, 15) is 9.90 Å². The highest BCUT2D eigenvalue weighted by molar-refractivity contribution is 5.94. The smallest absolute Gasteiger partial charge is 0.339 e. The number of nitrogens with zero attached hydrogens (tertiary/aromatic N) is 2. The minimum Gasteiger partial charge on any atom is -0.478 e. The van der Waals surface area contributed by atoms with Gasteiger partial charge in [0.05, 0.1) is 5.69 Å². The molecule has 1 N–H and O–H groups in total. The molecule has 0 saturated heterocycles. The molecule has 0 fully saturated rings. The lowest BCUT2D eigenvalue weighted by atomic mass is 10.1. The van der Waals surface area contributed by atoms with E-state index in [-0.39, 0.29) is 5.56 Å². The molecule has 1 rings (SSSR count). The SMILES string of the molecule is CCC(C)CN(CC)c1cc(C)ncc1C(=O)O. The Kier molecular flexibility index (Phi) is 5.13. The molecule has 0 saturated carbocycles. The maximum absolute atomic E-state index is 11.2. The zero-order valence-corrected chi connectivity index (χ0v) is 11.6. The van der Waals surface area contributed by atoms with E-state index in [1.54, 1.807) is 0 Å². The summed E-state index contributed by atoms with van der Waals surface area (Å²) in [6, 6.07) is 1.86. The van der Waals surface area contributed by atoms with Crippen LogP contribution in [0.2, 0.25) is 0 Å². The Morgan fingerprint density at radius 3 is 2.67 bits per heavy atom. The molecule has 18 heavy (non-hydrogen) atoms. The second-order valence-electron chi connectivity index (χ2n) is 4.70. The predicted octanol–water partition coefficient (Wildman–Crippen LogP) is 2.96. The minimum absolute atomic E-state index is 0.283. The number of aromatic nitrogens is 1. The first kappa shape index (κ1) is 14.5. The summed E-state index contributed by atoms with van der Waals surface area (Å²) in [4.78, 5) is 17.4. The van der Waals surface area contributed by atoms with Crippen molar-refractivity contribution in [2.45, 2.75) is 34.1 Å². The van der Waals surface area contributed by atoms with Crippen molar-refractivity contribution in [3.8, 4) is 0 Å². The van der Waals surface area contributed by atoms with Crippen LogP contribution in [-0.4, -0.2) is 29.1 Å². The molecule has 4 heteroatoms. The van der Waals surface area contributed by atoms with Crippen molar-refractivity contribution in [1.29, 1.82) is 0 Å². The van der Waals surface area contributed by atoms with Crippen LogP contribution in [0.4, 0.5) is 5.69 Å². The van der Waals surface area contributed by atoms with E-state index in [1.165, 1.54) is 6.20 Å². The lowest BCUT2D eigenvalue weighted by molar-refractivity contribution is 0.0697. The molecule has 0 aliphatic rings. The lowest BCUT2D eigenvalue weighted by Gasteiger charge is -2.27. The third-order valence-corrected chi connectivity index (χ3v) is 3.20. The molecular weight excluding hydrogens is 228 g/mol. The summed E-state index contributed by atoms with van der Waals surface area (Å²) in [6.07, 6.45) is 2.54. The average molecular weight is 250 g/mol. The van der Waals surface area contributed by atoms with E-state index < -0.39 is 5.97 Å². The normalized spacial score (nSPS) is 12.2. The van der Waals surface area contributed by atoms with Crippen LogP contribution in [-0.2, 0) is 0 Å².